The monoisotopic (exact) mass is 348 g/mol. The Kier molecular flexibility index (Phi) is 4.81. The summed E-state index contributed by atoms with van der Waals surface area (Å²) in [6.45, 7) is 4.02. The van der Waals surface area contributed by atoms with Crippen LogP contribution in [0.25, 0.3) is 5.69 Å². The molecule has 1 heterocycles. The molecule has 130 valence electrons. The third-order valence-electron chi connectivity index (χ3n) is 3.94. The van der Waals surface area contributed by atoms with Crippen molar-refractivity contribution in [2.24, 2.45) is 0 Å². The fourth-order valence-electron chi connectivity index (χ4n) is 2.62. The summed E-state index contributed by atoms with van der Waals surface area (Å²) in [5.41, 5.74) is 1.84. The molecule has 1 aromatic heterocycles. The fourth-order valence-corrected chi connectivity index (χ4v) is 2.62. The first-order valence-corrected chi connectivity index (χ1v) is 8.16. The zero-order valence-corrected chi connectivity index (χ0v) is 14.4. The number of anilines is 1. The highest BCUT2D eigenvalue weighted by atomic mass is 19.1. The van der Waals surface area contributed by atoms with E-state index in [-0.39, 0.29) is 22.9 Å². The summed E-state index contributed by atoms with van der Waals surface area (Å²) in [5.74, 6) is -1.03. The zero-order valence-electron chi connectivity index (χ0n) is 14.4. The van der Waals surface area contributed by atoms with Crippen LogP contribution in [0, 0.1) is 17.1 Å². The van der Waals surface area contributed by atoms with E-state index in [0.29, 0.717) is 0 Å². The van der Waals surface area contributed by atoms with Crippen molar-refractivity contribution in [1.82, 2.24) is 9.78 Å². The van der Waals surface area contributed by atoms with E-state index < -0.39 is 11.7 Å². The number of nitrogens with zero attached hydrogens (tertiary/aromatic N) is 3. The van der Waals surface area contributed by atoms with Gasteiger partial charge in [-0.3, -0.25) is 4.79 Å². The molecule has 0 bridgehead atoms. The van der Waals surface area contributed by atoms with Gasteiger partial charge in [-0.1, -0.05) is 38.1 Å². The summed E-state index contributed by atoms with van der Waals surface area (Å²) >= 11 is 0. The number of hydrogen-bond donors (Lipinski definition) is 1. The van der Waals surface area contributed by atoms with Crippen molar-refractivity contribution in [3.05, 3.63) is 77.4 Å². The van der Waals surface area contributed by atoms with E-state index in [1.807, 2.05) is 44.2 Å². The molecule has 0 aliphatic carbocycles. The van der Waals surface area contributed by atoms with E-state index in [1.54, 1.807) is 16.8 Å². The highest BCUT2D eigenvalue weighted by Crippen LogP contribution is 2.22. The molecule has 0 saturated carbocycles. The lowest BCUT2D eigenvalue weighted by atomic mass is 10.1. The van der Waals surface area contributed by atoms with Crippen LogP contribution in [0.1, 0.15) is 41.5 Å². The maximum Gasteiger partial charge on any atom is 0.276 e. The largest absolute Gasteiger partial charge is 0.319 e. The lowest BCUT2D eigenvalue weighted by Gasteiger charge is -2.09. The van der Waals surface area contributed by atoms with Crippen LogP contribution in [0.3, 0.4) is 0 Å². The van der Waals surface area contributed by atoms with Crippen molar-refractivity contribution in [1.29, 1.82) is 5.26 Å². The van der Waals surface area contributed by atoms with Gasteiger partial charge in [0.25, 0.3) is 5.91 Å². The topological polar surface area (TPSA) is 70.7 Å². The van der Waals surface area contributed by atoms with Gasteiger partial charge >= 0.3 is 0 Å². The Morgan fingerprint density at radius 3 is 2.58 bits per heavy atom. The van der Waals surface area contributed by atoms with Gasteiger partial charge in [-0.15, -0.1) is 0 Å². The molecular formula is C20H17FN4O. The van der Waals surface area contributed by atoms with Crippen molar-refractivity contribution in [2.75, 3.05) is 5.32 Å². The lowest BCUT2D eigenvalue weighted by Crippen LogP contribution is -2.14. The van der Waals surface area contributed by atoms with Crippen molar-refractivity contribution in [3.63, 3.8) is 0 Å². The van der Waals surface area contributed by atoms with Gasteiger partial charge in [0.15, 0.2) is 5.69 Å². The Balaban J connectivity index is 1.97. The first-order chi connectivity index (χ1) is 12.5. The first-order valence-electron chi connectivity index (χ1n) is 8.16. The molecular weight excluding hydrogens is 331 g/mol. The summed E-state index contributed by atoms with van der Waals surface area (Å²) in [6, 6.07) is 17.1. The highest BCUT2D eigenvalue weighted by molar-refractivity contribution is 6.03. The molecule has 5 nitrogen and oxygen atoms in total. The summed E-state index contributed by atoms with van der Waals surface area (Å²) in [6.07, 6.45) is 0. The van der Waals surface area contributed by atoms with Gasteiger partial charge in [-0.25, -0.2) is 9.07 Å². The summed E-state index contributed by atoms with van der Waals surface area (Å²) in [4.78, 5) is 12.6. The summed E-state index contributed by atoms with van der Waals surface area (Å²) in [7, 11) is 0. The number of halogens is 1. The van der Waals surface area contributed by atoms with E-state index in [9.17, 15) is 9.18 Å². The van der Waals surface area contributed by atoms with Gasteiger partial charge in [0.2, 0.25) is 0 Å². The second-order valence-corrected chi connectivity index (χ2v) is 6.08. The molecule has 0 spiro atoms. The van der Waals surface area contributed by atoms with Crippen molar-refractivity contribution < 1.29 is 9.18 Å². The Labute approximate surface area is 150 Å². The van der Waals surface area contributed by atoms with E-state index in [2.05, 4.69) is 10.4 Å². The Hall–Kier alpha value is -3.46. The minimum Gasteiger partial charge on any atom is -0.319 e. The Morgan fingerprint density at radius 1 is 1.19 bits per heavy atom. The molecule has 6 heteroatoms. The number of nitrogens with one attached hydrogen (secondary N) is 1. The molecule has 3 rings (SSSR count). The molecule has 0 saturated heterocycles. The van der Waals surface area contributed by atoms with Gasteiger partial charge in [-0.2, -0.15) is 10.4 Å². The average molecular weight is 348 g/mol. The van der Waals surface area contributed by atoms with E-state index in [0.717, 1.165) is 11.4 Å². The highest BCUT2D eigenvalue weighted by Gasteiger charge is 2.19. The van der Waals surface area contributed by atoms with Crippen LogP contribution >= 0.6 is 0 Å². The van der Waals surface area contributed by atoms with Crippen LogP contribution in [0.5, 0.6) is 0 Å². The van der Waals surface area contributed by atoms with E-state index >= 15 is 0 Å². The van der Waals surface area contributed by atoms with Crippen LogP contribution in [0.2, 0.25) is 0 Å². The van der Waals surface area contributed by atoms with Crippen LogP contribution in [-0.4, -0.2) is 15.7 Å². The lowest BCUT2D eigenvalue weighted by molar-refractivity contribution is 0.102. The van der Waals surface area contributed by atoms with Crippen molar-refractivity contribution >= 4 is 11.6 Å². The van der Waals surface area contributed by atoms with Gasteiger partial charge in [0.1, 0.15) is 17.4 Å². The molecule has 0 radical (unpaired) electrons. The number of aromatic nitrogens is 2. The molecule has 0 unspecified atom stereocenters. The smallest absolute Gasteiger partial charge is 0.276 e. The molecule has 2 aromatic carbocycles. The van der Waals surface area contributed by atoms with Crippen molar-refractivity contribution in [2.45, 2.75) is 19.8 Å². The minimum absolute atomic E-state index is 0.123. The van der Waals surface area contributed by atoms with Crippen molar-refractivity contribution in [3.8, 4) is 11.8 Å². The molecule has 0 fully saturated rings. The second-order valence-electron chi connectivity index (χ2n) is 6.08. The van der Waals surface area contributed by atoms with Gasteiger partial charge in [0, 0.05) is 5.69 Å². The third-order valence-corrected chi connectivity index (χ3v) is 3.94. The normalized spacial score (nSPS) is 10.6. The van der Waals surface area contributed by atoms with Gasteiger partial charge in [-0.05, 0) is 36.2 Å². The predicted molar refractivity (Wildman–Crippen MR) is 96.7 cm³/mol. The number of rotatable bonds is 4. The third kappa shape index (κ3) is 3.33. The van der Waals surface area contributed by atoms with Crippen LogP contribution in [-0.2, 0) is 0 Å². The molecule has 1 amide bonds. The number of para-hydroxylation sites is 1. The van der Waals surface area contributed by atoms with Crippen LogP contribution in [0.15, 0.2) is 54.6 Å². The quantitative estimate of drug-likeness (QED) is 0.766. The SMILES string of the molecule is CC(C)c1cc(C(=O)Nc2cccc(F)c2C#N)nn1-c1ccccc1. The Morgan fingerprint density at radius 2 is 1.92 bits per heavy atom. The number of nitriles is 1. The molecule has 3 aromatic rings. The molecule has 1 N–H and O–H groups in total. The molecule has 0 atom stereocenters. The molecule has 26 heavy (non-hydrogen) atoms. The van der Waals surface area contributed by atoms with Crippen LogP contribution < -0.4 is 5.32 Å². The second kappa shape index (κ2) is 7.19. The number of carbonyl (C=O) groups is 1. The maximum atomic E-state index is 13.7. The molecule has 0 aliphatic rings. The maximum absolute atomic E-state index is 13.7. The minimum atomic E-state index is -0.678. The number of amides is 1. The average Bonchev–Trinajstić information content (AvgIpc) is 3.08. The summed E-state index contributed by atoms with van der Waals surface area (Å²) < 4.78 is 15.4. The van der Waals surface area contributed by atoms with E-state index in [4.69, 9.17) is 5.26 Å². The molecule has 0 aliphatic heterocycles. The fraction of sp³-hybridized carbons (Fsp3) is 0.150. The number of hydrogen-bond acceptors (Lipinski definition) is 3. The van der Waals surface area contributed by atoms with Crippen LogP contribution in [0.4, 0.5) is 10.1 Å². The first kappa shape index (κ1) is 17.4. The standard InChI is InChI=1S/C20H17FN4O/c1-13(2)19-11-18(24-25(19)14-7-4-3-5-8-14)20(26)23-17-10-6-9-16(21)15(17)12-22/h3-11,13H,1-2H3,(H,23,26). The van der Waals surface area contributed by atoms with Gasteiger partial charge in [0.05, 0.1) is 11.4 Å². The predicted octanol–water partition coefficient (Wildman–Crippen LogP) is 4.26. The number of benzene rings is 2. The van der Waals surface area contributed by atoms with Gasteiger partial charge < -0.3 is 5.32 Å². The summed E-state index contributed by atoms with van der Waals surface area (Å²) in [5, 5.41) is 16.1. The number of carbonyl (C=O) groups excluding carboxylic acids is 1. The Bertz CT molecular complexity index is 987. The zero-order chi connectivity index (χ0) is 18.7. The van der Waals surface area contributed by atoms with E-state index in [1.165, 1.54) is 18.2 Å².